The van der Waals surface area contributed by atoms with E-state index in [9.17, 15) is 14.7 Å². The second-order valence-electron chi connectivity index (χ2n) is 4.63. The van der Waals surface area contributed by atoms with E-state index in [-0.39, 0.29) is 22.6 Å². The molecule has 0 spiro atoms. The number of ketones is 1. The topological polar surface area (TPSA) is 67.5 Å². The van der Waals surface area contributed by atoms with Gasteiger partial charge in [-0.1, -0.05) is 30.3 Å². The number of benzene rings is 2. The van der Waals surface area contributed by atoms with Gasteiger partial charge in [0.25, 0.3) is 0 Å². The lowest BCUT2D eigenvalue weighted by atomic mass is 10.1. The van der Waals surface area contributed by atoms with Crippen LogP contribution in [0.3, 0.4) is 0 Å². The van der Waals surface area contributed by atoms with Gasteiger partial charge in [-0.2, -0.15) is 0 Å². The van der Waals surface area contributed by atoms with E-state index in [0.717, 1.165) is 4.90 Å². The van der Waals surface area contributed by atoms with Gasteiger partial charge < -0.3 is 9.52 Å². The first kappa shape index (κ1) is 14.4. The minimum Gasteiger partial charge on any atom is -0.506 e. The molecule has 0 aliphatic carbocycles. The minimum absolute atomic E-state index is 0.0562. The molecule has 0 aliphatic heterocycles. The number of carbonyl (C=O) groups excluding carboxylic acids is 1. The molecule has 0 fully saturated rings. The number of hydrogen-bond donors (Lipinski definition) is 1. The molecule has 0 amide bonds. The SMILES string of the molecule is O=C(CSc1ccccc1)c1c(O)c2ccccc2oc1=O. The average Bonchev–Trinajstić information content (AvgIpc) is 2.54. The third-order valence-corrected chi connectivity index (χ3v) is 4.19. The minimum atomic E-state index is -0.810. The van der Waals surface area contributed by atoms with Gasteiger partial charge in [-0.3, -0.25) is 4.79 Å². The second-order valence-corrected chi connectivity index (χ2v) is 5.68. The quantitative estimate of drug-likeness (QED) is 0.454. The second kappa shape index (κ2) is 6.07. The summed E-state index contributed by atoms with van der Waals surface area (Å²) in [6.45, 7) is 0. The van der Waals surface area contributed by atoms with Gasteiger partial charge in [0.2, 0.25) is 0 Å². The third kappa shape index (κ3) is 2.76. The first-order valence-corrected chi connectivity index (χ1v) is 7.61. The fourth-order valence-electron chi connectivity index (χ4n) is 2.12. The van der Waals surface area contributed by atoms with Crippen molar-refractivity contribution in [1.82, 2.24) is 0 Å². The van der Waals surface area contributed by atoms with Crippen LogP contribution < -0.4 is 5.63 Å². The first-order valence-electron chi connectivity index (χ1n) is 6.62. The predicted molar refractivity (Wildman–Crippen MR) is 85.6 cm³/mol. The van der Waals surface area contributed by atoms with Gasteiger partial charge in [-0.25, -0.2) is 4.79 Å². The maximum Gasteiger partial charge on any atom is 0.351 e. The number of aromatic hydroxyl groups is 1. The normalized spacial score (nSPS) is 10.7. The van der Waals surface area contributed by atoms with Crippen molar-refractivity contribution in [3.63, 3.8) is 0 Å². The van der Waals surface area contributed by atoms with Crippen LogP contribution in [0.15, 0.2) is 68.7 Å². The van der Waals surface area contributed by atoms with Crippen LogP contribution in [0.25, 0.3) is 11.0 Å². The number of Topliss-reactive ketones (excluding diaryl/α,β-unsaturated/α-hetero) is 1. The van der Waals surface area contributed by atoms with Crippen LogP contribution in [-0.2, 0) is 0 Å². The van der Waals surface area contributed by atoms with Crippen molar-refractivity contribution in [1.29, 1.82) is 0 Å². The Kier molecular flexibility index (Phi) is 3.98. The summed E-state index contributed by atoms with van der Waals surface area (Å²) < 4.78 is 5.10. The van der Waals surface area contributed by atoms with Crippen LogP contribution in [0.2, 0.25) is 0 Å². The maximum atomic E-state index is 12.3. The molecule has 0 unspecified atom stereocenters. The van der Waals surface area contributed by atoms with Gasteiger partial charge in [-0.05, 0) is 24.3 Å². The Hall–Kier alpha value is -2.53. The fraction of sp³-hybridized carbons (Fsp3) is 0.0588. The molecular formula is C17H12O4S. The van der Waals surface area contributed by atoms with Gasteiger partial charge in [0.15, 0.2) is 5.78 Å². The summed E-state index contributed by atoms with van der Waals surface area (Å²) in [4.78, 5) is 25.1. The van der Waals surface area contributed by atoms with Crippen LogP contribution in [0, 0.1) is 0 Å². The number of fused-ring (bicyclic) bond motifs is 1. The number of para-hydroxylation sites is 1. The van der Waals surface area contributed by atoms with E-state index in [1.165, 1.54) is 11.8 Å². The lowest BCUT2D eigenvalue weighted by Crippen LogP contribution is -2.16. The van der Waals surface area contributed by atoms with Crippen LogP contribution in [0.4, 0.5) is 0 Å². The van der Waals surface area contributed by atoms with Crippen LogP contribution in [-0.4, -0.2) is 16.6 Å². The molecule has 0 radical (unpaired) electrons. The molecule has 1 heterocycles. The van der Waals surface area contributed by atoms with E-state index in [2.05, 4.69) is 0 Å². The van der Waals surface area contributed by atoms with Crippen molar-refractivity contribution < 1.29 is 14.3 Å². The Morgan fingerprint density at radius 2 is 1.73 bits per heavy atom. The highest BCUT2D eigenvalue weighted by molar-refractivity contribution is 8.00. The summed E-state index contributed by atoms with van der Waals surface area (Å²) in [5.41, 5.74) is -0.839. The monoisotopic (exact) mass is 312 g/mol. The summed E-state index contributed by atoms with van der Waals surface area (Å²) >= 11 is 1.30. The number of carbonyl (C=O) groups is 1. The Bertz CT molecular complexity index is 884. The third-order valence-electron chi connectivity index (χ3n) is 3.18. The molecule has 1 N–H and O–H groups in total. The molecule has 2 aromatic carbocycles. The molecule has 0 aliphatic rings. The number of thioether (sulfide) groups is 1. The zero-order valence-electron chi connectivity index (χ0n) is 11.5. The maximum absolute atomic E-state index is 12.3. The van der Waals surface area contributed by atoms with Crippen molar-refractivity contribution in [2.45, 2.75) is 4.90 Å². The van der Waals surface area contributed by atoms with E-state index in [4.69, 9.17) is 4.42 Å². The molecule has 0 saturated carbocycles. The van der Waals surface area contributed by atoms with Crippen molar-refractivity contribution in [2.75, 3.05) is 5.75 Å². The molecular weight excluding hydrogens is 300 g/mol. The standard InChI is InChI=1S/C17H12O4S/c18-13(10-22-11-6-2-1-3-7-11)15-16(19)12-8-4-5-9-14(12)21-17(15)20/h1-9,19H,10H2. The average molecular weight is 312 g/mol. The lowest BCUT2D eigenvalue weighted by molar-refractivity contribution is 0.101. The summed E-state index contributed by atoms with van der Waals surface area (Å²) in [6.07, 6.45) is 0. The number of hydrogen-bond acceptors (Lipinski definition) is 5. The van der Waals surface area contributed by atoms with Gasteiger partial charge in [0, 0.05) is 4.90 Å². The van der Waals surface area contributed by atoms with Gasteiger partial charge in [0.05, 0.1) is 11.1 Å². The molecule has 110 valence electrons. The van der Waals surface area contributed by atoms with Crippen molar-refractivity contribution in [3.8, 4) is 5.75 Å². The number of rotatable bonds is 4. The van der Waals surface area contributed by atoms with Crippen molar-refractivity contribution in [3.05, 3.63) is 70.6 Å². The molecule has 22 heavy (non-hydrogen) atoms. The Morgan fingerprint density at radius 1 is 1.05 bits per heavy atom. The van der Waals surface area contributed by atoms with Gasteiger partial charge in [0.1, 0.15) is 16.9 Å². The zero-order valence-corrected chi connectivity index (χ0v) is 12.3. The molecule has 0 atom stereocenters. The Balaban J connectivity index is 1.92. The van der Waals surface area contributed by atoms with Gasteiger partial charge in [-0.15, -0.1) is 11.8 Å². The fourth-order valence-corrected chi connectivity index (χ4v) is 2.91. The largest absolute Gasteiger partial charge is 0.506 e. The van der Waals surface area contributed by atoms with Crippen LogP contribution in [0.1, 0.15) is 10.4 Å². The summed E-state index contributed by atoms with van der Waals surface area (Å²) in [5.74, 6) is -0.711. The first-order chi connectivity index (χ1) is 10.7. The summed E-state index contributed by atoms with van der Waals surface area (Å²) in [5, 5.41) is 10.6. The molecule has 0 saturated heterocycles. The highest BCUT2D eigenvalue weighted by Gasteiger charge is 2.20. The van der Waals surface area contributed by atoms with Crippen LogP contribution >= 0.6 is 11.8 Å². The van der Waals surface area contributed by atoms with Crippen molar-refractivity contribution >= 4 is 28.5 Å². The lowest BCUT2D eigenvalue weighted by Gasteiger charge is -2.05. The summed E-state index contributed by atoms with van der Waals surface area (Å²) in [7, 11) is 0. The van der Waals surface area contributed by atoms with E-state index < -0.39 is 11.4 Å². The highest BCUT2D eigenvalue weighted by atomic mass is 32.2. The molecule has 0 bridgehead atoms. The molecule has 5 heteroatoms. The van der Waals surface area contributed by atoms with E-state index in [0.29, 0.717) is 5.39 Å². The van der Waals surface area contributed by atoms with E-state index in [1.54, 1.807) is 24.3 Å². The van der Waals surface area contributed by atoms with Crippen molar-refractivity contribution in [2.24, 2.45) is 0 Å². The Morgan fingerprint density at radius 3 is 2.50 bits per heavy atom. The zero-order chi connectivity index (χ0) is 15.5. The molecule has 3 aromatic rings. The molecule has 4 nitrogen and oxygen atoms in total. The Labute approximate surface area is 130 Å². The molecule has 1 aromatic heterocycles. The van der Waals surface area contributed by atoms with Gasteiger partial charge >= 0.3 is 5.63 Å². The highest BCUT2D eigenvalue weighted by Crippen LogP contribution is 2.27. The summed E-state index contributed by atoms with van der Waals surface area (Å²) in [6, 6.07) is 15.9. The van der Waals surface area contributed by atoms with E-state index in [1.807, 2.05) is 30.3 Å². The molecule has 3 rings (SSSR count). The van der Waals surface area contributed by atoms with E-state index >= 15 is 0 Å². The van der Waals surface area contributed by atoms with Crippen LogP contribution in [0.5, 0.6) is 5.75 Å². The smallest absolute Gasteiger partial charge is 0.351 e. The predicted octanol–water partition coefficient (Wildman–Crippen LogP) is 3.47.